The molecule has 6 nitrogen and oxygen atoms in total. The lowest BCUT2D eigenvalue weighted by Gasteiger charge is -2.10. The predicted molar refractivity (Wildman–Crippen MR) is 120 cm³/mol. The van der Waals surface area contributed by atoms with E-state index < -0.39 is 5.91 Å². The Morgan fingerprint density at radius 3 is 2.45 bits per heavy atom. The average Bonchev–Trinajstić information content (AvgIpc) is 2.78. The van der Waals surface area contributed by atoms with E-state index in [2.05, 4.69) is 10.6 Å². The molecule has 0 aromatic heterocycles. The molecule has 31 heavy (non-hydrogen) atoms. The number of amides is 2. The highest BCUT2D eigenvalue weighted by Gasteiger charge is 2.10. The molecule has 0 aliphatic rings. The quantitative estimate of drug-likeness (QED) is 0.440. The number of aryl methyl sites for hydroxylation is 1. The normalized spacial score (nSPS) is 10.6. The summed E-state index contributed by atoms with van der Waals surface area (Å²) in [6, 6.07) is 25.1. The van der Waals surface area contributed by atoms with Crippen molar-refractivity contribution in [1.82, 2.24) is 0 Å². The number of nitriles is 1. The van der Waals surface area contributed by atoms with Crippen LogP contribution in [0.15, 0.2) is 84.4 Å². The van der Waals surface area contributed by atoms with Crippen LogP contribution in [-0.2, 0) is 9.59 Å². The summed E-state index contributed by atoms with van der Waals surface area (Å²) in [4.78, 5) is 24.5. The van der Waals surface area contributed by atoms with Crippen molar-refractivity contribution in [3.05, 3.63) is 95.6 Å². The molecule has 0 spiro atoms. The molecule has 3 aromatic rings. The van der Waals surface area contributed by atoms with Gasteiger partial charge in [0.2, 0.25) is 0 Å². The number of rotatable bonds is 7. The van der Waals surface area contributed by atoms with E-state index in [9.17, 15) is 14.9 Å². The summed E-state index contributed by atoms with van der Waals surface area (Å²) < 4.78 is 5.57. The molecule has 0 atom stereocenters. The van der Waals surface area contributed by atoms with Crippen molar-refractivity contribution < 1.29 is 14.3 Å². The van der Waals surface area contributed by atoms with Gasteiger partial charge in [-0.2, -0.15) is 5.26 Å². The Morgan fingerprint density at radius 2 is 1.71 bits per heavy atom. The minimum Gasteiger partial charge on any atom is -0.484 e. The second-order valence-corrected chi connectivity index (χ2v) is 6.71. The molecule has 6 heteroatoms. The van der Waals surface area contributed by atoms with E-state index in [4.69, 9.17) is 4.74 Å². The van der Waals surface area contributed by atoms with Gasteiger partial charge in [0.25, 0.3) is 11.8 Å². The molecule has 3 aromatic carbocycles. The second kappa shape index (κ2) is 10.4. The van der Waals surface area contributed by atoms with Crippen molar-refractivity contribution in [3.8, 4) is 11.8 Å². The van der Waals surface area contributed by atoms with E-state index in [1.165, 1.54) is 6.08 Å². The third kappa shape index (κ3) is 6.31. The Hall–Kier alpha value is -4.37. The maximum Gasteiger partial charge on any atom is 0.266 e. The molecule has 0 heterocycles. The lowest BCUT2D eigenvalue weighted by molar-refractivity contribution is -0.118. The van der Waals surface area contributed by atoms with Crippen molar-refractivity contribution in [3.63, 3.8) is 0 Å². The first-order valence-corrected chi connectivity index (χ1v) is 9.61. The highest BCUT2D eigenvalue weighted by atomic mass is 16.5. The molecule has 0 aliphatic heterocycles. The third-order valence-corrected chi connectivity index (χ3v) is 4.35. The molecular weight excluding hydrogens is 390 g/mol. The van der Waals surface area contributed by atoms with Crippen LogP contribution in [0.1, 0.15) is 11.1 Å². The van der Waals surface area contributed by atoms with E-state index in [1.54, 1.807) is 48.5 Å². The molecule has 0 fully saturated rings. The predicted octanol–water partition coefficient (Wildman–Crippen LogP) is 4.56. The van der Waals surface area contributed by atoms with E-state index in [0.29, 0.717) is 17.0 Å². The summed E-state index contributed by atoms with van der Waals surface area (Å²) in [6.45, 7) is 1.74. The van der Waals surface area contributed by atoms with Crippen LogP contribution in [-0.4, -0.2) is 18.4 Å². The van der Waals surface area contributed by atoms with E-state index in [1.807, 2.05) is 43.3 Å². The van der Waals surface area contributed by atoms with E-state index in [-0.39, 0.29) is 18.1 Å². The molecule has 154 valence electrons. The number of hydrogen-bond acceptors (Lipinski definition) is 4. The first-order valence-electron chi connectivity index (χ1n) is 9.61. The summed E-state index contributed by atoms with van der Waals surface area (Å²) in [5, 5.41) is 14.9. The van der Waals surface area contributed by atoms with Gasteiger partial charge >= 0.3 is 0 Å². The van der Waals surface area contributed by atoms with E-state index in [0.717, 1.165) is 11.3 Å². The van der Waals surface area contributed by atoms with Gasteiger partial charge < -0.3 is 15.4 Å². The van der Waals surface area contributed by atoms with Gasteiger partial charge in [0, 0.05) is 11.4 Å². The summed E-state index contributed by atoms with van der Waals surface area (Å²) in [5.41, 5.74) is 2.86. The molecule has 0 radical (unpaired) electrons. The van der Waals surface area contributed by atoms with Crippen molar-refractivity contribution in [1.29, 1.82) is 5.26 Å². The number of anilines is 2. The summed E-state index contributed by atoms with van der Waals surface area (Å²) in [6.07, 6.45) is 1.47. The summed E-state index contributed by atoms with van der Waals surface area (Å²) in [7, 11) is 0. The Balaban J connectivity index is 1.63. The molecule has 0 bridgehead atoms. The third-order valence-electron chi connectivity index (χ3n) is 4.35. The number of benzene rings is 3. The Morgan fingerprint density at radius 1 is 0.968 bits per heavy atom. The van der Waals surface area contributed by atoms with Crippen LogP contribution < -0.4 is 15.4 Å². The van der Waals surface area contributed by atoms with Crippen molar-refractivity contribution >= 4 is 29.3 Å². The molecule has 0 saturated heterocycles. The SMILES string of the molecule is Cc1ccccc1NC(=O)COc1cccc(/C=C(\C#N)C(=O)Nc2ccccc2)c1. The lowest BCUT2D eigenvalue weighted by Crippen LogP contribution is -2.20. The molecule has 2 N–H and O–H groups in total. The largest absolute Gasteiger partial charge is 0.484 e. The fourth-order valence-electron chi connectivity index (χ4n) is 2.78. The van der Waals surface area contributed by atoms with Gasteiger partial charge in [-0.3, -0.25) is 9.59 Å². The average molecular weight is 411 g/mol. The zero-order chi connectivity index (χ0) is 22.1. The fraction of sp³-hybridized carbons (Fsp3) is 0.0800. The van der Waals surface area contributed by atoms with Gasteiger partial charge in [-0.05, 0) is 54.5 Å². The van der Waals surface area contributed by atoms with Crippen LogP contribution in [0.5, 0.6) is 5.75 Å². The van der Waals surface area contributed by atoms with Gasteiger partial charge in [-0.15, -0.1) is 0 Å². The van der Waals surface area contributed by atoms with Crippen molar-refractivity contribution in [2.45, 2.75) is 6.92 Å². The molecule has 0 aliphatic carbocycles. The first kappa shape index (κ1) is 21.3. The highest BCUT2D eigenvalue weighted by molar-refractivity contribution is 6.09. The summed E-state index contributed by atoms with van der Waals surface area (Å²) >= 11 is 0. The number of hydrogen-bond donors (Lipinski definition) is 2. The zero-order valence-electron chi connectivity index (χ0n) is 17.0. The number of carbonyl (C=O) groups is 2. The molecule has 2 amide bonds. The molecule has 0 saturated carbocycles. The zero-order valence-corrected chi connectivity index (χ0v) is 17.0. The minimum atomic E-state index is -0.502. The van der Waals surface area contributed by atoms with Gasteiger partial charge in [0.1, 0.15) is 17.4 Å². The lowest BCUT2D eigenvalue weighted by atomic mass is 10.1. The fourth-order valence-corrected chi connectivity index (χ4v) is 2.78. The smallest absolute Gasteiger partial charge is 0.266 e. The first-order chi connectivity index (χ1) is 15.0. The van der Waals surface area contributed by atoms with Gasteiger partial charge in [-0.1, -0.05) is 48.5 Å². The van der Waals surface area contributed by atoms with Crippen LogP contribution >= 0.6 is 0 Å². The highest BCUT2D eigenvalue weighted by Crippen LogP contribution is 2.18. The molecule has 3 rings (SSSR count). The topological polar surface area (TPSA) is 91.2 Å². The van der Waals surface area contributed by atoms with Crippen LogP contribution in [0, 0.1) is 18.3 Å². The second-order valence-electron chi connectivity index (χ2n) is 6.71. The Kier molecular flexibility index (Phi) is 7.17. The monoisotopic (exact) mass is 411 g/mol. The van der Waals surface area contributed by atoms with Gasteiger partial charge in [0.05, 0.1) is 0 Å². The maximum atomic E-state index is 12.4. The number of para-hydroxylation sites is 2. The number of nitrogens with one attached hydrogen (secondary N) is 2. The van der Waals surface area contributed by atoms with E-state index >= 15 is 0 Å². The van der Waals surface area contributed by atoms with Crippen molar-refractivity contribution in [2.75, 3.05) is 17.2 Å². The Labute approximate surface area is 180 Å². The summed E-state index contributed by atoms with van der Waals surface area (Å²) in [5.74, 6) is -0.331. The van der Waals surface area contributed by atoms with Crippen LogP contribution in [0.4, 0.5) is 11.4 Å². The van der Waals surface area contributed by atoms with Crippen LogP contribution in [0.25, 0.3) is 6.08 Å². The maximum absolute atomic E-state index is 12.4. The molecule has 0 unspecified atom stereocenters. The van der Waals surface area contributed by atoms with Gasteiger partial charge in [-0.25, -0.2) is 0 Å². The number of ether oxygens (including phenoxy) is 1. The Bertz CT molecular complexity index is 1150. The van der Waals surface area contributed by atoms with Crippen LogP contribution in [0.2, 0.25) is 0 Å². The standard InChI is InChI=1S/C25H21N3O3/c1-18-8-5-6-13-23(18)28-24(29)17-31-22-12-7-9-19(15-22)14-20(16-26)25(30)27-21-10-3-2-4-11-21/h2-15H,17H2,1H3,(H,27,30)(H,28,29)/b20-14+. The minimum absolute atomic E-state index is 0.0432. The number of carbonyl (C=O) groups excluding carboxylic acids is 2. The number of nitrogens with zero attached hydrogens (tertiary/aromatic N) is 1. The van der Waals surface area contributed by atoms with Crippen LogP contribution in [0.3, 0.4) is 0 Å². The van der Waals surface area contributed by atoms with Gasteiger partial charge in [0.15, 0.2) is 6.61 Å². The van der Waals surface area contributed by atoms with Crippen molar-refractivity contribution in [2.24, 2.45) is 0 Å². The molecular formula is C25H21N3O3.